The van der Waals surface area contributed by atoms with Crippen molar-refractivity contribution in [2.24, 2.45) is 0 Å². The van der Waals surface area contributed by atoms with Crippen LogP contribution in [-0.4, -0.2) is 59.9 Å². The van der Waals surface area contributed by atoms with Crippen molar-refractivity contribution >= 4 is 29.0 Å². The average molecular weight is 444 g/mol. The molecule has 1 N–H and O–H groups in total. The molecule has 4 rings (SSSR count). The molecule has 0 radical (unpaired) electrons. The number of hydrogen-bond donors (Lipinski definition) is 1. The summed E-state index contributed by atoms with van der Waals surface area (Å²) in [7, 11) is 1.98. The van der Waals surface area contributed by atoms with E-state index in [9.17, 15) is 9.59 Å². The van der Waals surface area contributed by atoms with Gasteiger partial charge in [-0.15, -0.1) is 0 Å². The molecular formula is C26H29N5O2. The lowest BCUT2D eigenvalue weighted by Gasteiger charge is -2.34. The van der Waals surface area contributed by atoms with E-state index in [0.29, 0.717) is 31.7 Å². The molecular weight excluding hydrogens is 414 g/mol. The average Bonchev–Trinajstić information content (AvgIpc) is 2.83. The smallest absolute Gasteiger partial charge is 0.321 e. The highest BCUT2D eigenvalue weighted by molar-refractivity contribution is 5.95. The number of nitrogens with one attached hydrogen (secondary N) is 1. The predicted molar refractivity (Wildman–Crippen MR) is 131 cm³/mol. The van der Waals surface area contributed by atoms with Gasteiger partial charge in [0, 0.05) is 68.2 Å². The van der Waals surface area contributed by atoms with Crippen molar-refractivity contribution in [3.63, 3.8) is 0 Å². The first-order valence-electron chi connectivity index (χ1n) is 11.1. The summed E-state index contributed by atoms with van der Waals surface area (Å²) >= 11 is 0. The second-order valence-electron chi connectivity index (χ2n) is 8.40. The van der Waals surface area contributed by atoms with Crippen LogP contribution in [0, 0.1) is 13.8 Å². The van der Waals surface area contributed by atoms with Crippen molar-refractivity contribution in [1.82, 2.24) is 14.8 Å². The molecule has 1 aliphatic heterocycles. The van der Waals surface area contributed by atoms with Gasteiger partial charge in [0.2, 0.25) is 0 Å². The molecule has 3 aromatic rings. The van der Waals surface area contributed by atoms with Gasteiger partial charge in [-0.3, -0.25) is 9.78 Å². The Balaban J connectivity index is 1.33. The minimum absolute atomic E-state index is 0.0116. The highest BCUT2D eigenvalue weighted by atomic mass is 16.2. The molecule has 0 aliphatic carbocycles. The number of anilines is 3. The van der Waals surface area contributed by atoms with Gasteiger partial charge in [-0.2, -0.15) is 0 Å². The zero-order chi connectivity index (χ0) is 23.4. The van der Waals surface area contributed by atoms with Crippen LogP contribution in [-0.2, 0) is 0 Å². The first-order valence-corrected chi connectivity index (χ1v) is 11.1. The molecule has 7 nitrogen and oxygen atoms in total. The van der Waals surface area contributed by atoms with Gasteiger partial charge in [0.15, 0.2) is 0 Å². The highest BCUT2D eigenvalue weighted by Crippen LogP contribution is 2.23. The van der Waals surface area contributed by atoms with Crippen molar-refractivity contribution in [2.75, 3.05) is 43.4 Å². The van der Waals surface area contributed by atoms with Crippen LogP contribution in [0.25, 0.3) is 0 Å². The number of nitrogens with zero attached hydrogens (tertiary/aromatic N) is 4. The molecule has 2 aromatic carbocycles. The highest BCUT2D eigenvalue weighted by Gasteiger charge is 2.25. The Kier molecular flexibility index (Phi) is 6.58. The molecule has 1 saturated heterocycles. The number of aryl methyl sites for hydroxylation is 2. The molecule has 3 amide bonds. The van der Waals surface area contributed by atoms with Gasteiger partial charge in [-0.05, 0) is 73.5 Å². The second kappa shape index (κ2) is 9.73. The largest absolute Gasteiger partial charge is 0.345 e. The van der Waals surface area contributed by atoms with E-state index in [4.69, 9.17) is 0 Å². The van der Waals surface area contributed by atoms with Crippen LogP contribution in [0.15, 0.2) is 67.0 Å². The third-order valence-electron chi connectivity index (χ3n) is 5.88. The number of pyridine rings is 1. The van der Waals surface area contributed by atoms with E-state index in [1.54, 1.807) is 17.3 Å². The predicted octanol–water partition coefficient (Wildman–Crippen LogP) is 4.46. The van der Waals surface area contributed by atoms with E-state index in [-0.39, 0.29) is 11.9 Å². The van der Waals surface area contributed by atoms with Crippen molar-refractivity contribution in [3.05, 3.63) is 83.7 Å². The van der Waals surface area contributed by atoms with Crippen LogP contribution in [0.2, 0.25) is 0 Å². The molecule has 0 unspecified atom stereocenters. The number of benzene rings is 2. The second-order valence-corrected chi connectivity index (χ2v) is 8.40. The summed E-state index contributed by atoms with van der Waals surface area (Å²) in [4.78, 5) is 35.3. The number of piperazine rings is 1. The Hall–Kier alpha value is -3.87. The van der Waals surface area contributed by atoms with Crippen LogP contribution in [0.5, 0.6) is 0 Å². The fourth-order valence-corrected chi connectivity index (χ4v) is 4.09. The maximum absolute atomic E-state index is 13.0. The van der Waals surface area contributed by atoms with E-state index in [1.807, 2.05) is 79.2 Å². The van der Waals surface area contributed by atoms with Crippen molar-refractivity contribution in [2.45, 2.75) is 13.8 Å². The van der Waals surface area contributed by atoms with Crippen LogP contribution in [0.1, 0.15) is 21.5 Å². The Bertz CT molecular complexity index is 1100. The number of hydrogen-bond acceptors (Lipinski definition) is 4. The summed E-state index contributed by atoms with van der Waals surface area (Å²) in [6.07, 6.45) is 3.51. The number of carbonyl (C=O) groups is 2. The monoisotopic (exact) mass is 443 g/mol. The summed E-state index contributed by atoms with van der Waals surface area (Å²) in [6, 6.07) is 17.3. The lowest BCUT2D eigenvalue weighted by molar-refractivity contribution is 0.0671. The van der Waals surface area contributed by atoms with Gasteiger partial charge < -0.3 is 20.0 Å². The maximum Gasteiger partial charge on any atom is 0.321 e. The molecule has 1 fully saturated rings. The lowest BCUT2D eigenvalue weighted by atomic mass is 10.1. The van der Waals surface area contributed by atoms with Crippen LogP contribution in [0.3, 0.4) is 0 Å². The molecule has 0 bridgehead atoms. The van der Waals surface area contributed by atoms with Gasteiger partial charge in [-0.1, -0.05) is 6.07 Å². The van der Waals surface area contributed by atoms with Gasteiger partial charge >= 0.3 is 6.03 Å². The number of aromatic nitrogens is 1. The van der Waals surface area contributed by atoms with Crippen LogP contribution >= 0.6 is 0 Å². The molecule has 0 spiro atoms. The summed E-state index contributed by atoms with van der Waals surface area (Å²) < 4.78 is 0. The van der Waals surface area contributed by atoms with E-state index in [2.05, 4.69) is 16.4 Å². The lowest BCUT2D eigenvalue weighted by Crippen LogP contribution is -2.51. The third-order valence-corrected chi connectivity index (χ3v) is 5.88. The zero-order valence-corrected chi connectivity index (χ0v) is 19.3. The molecule has 7 heteroatoms. The maximum atomic E-state index is 13.0. The van der Waals surface area contributed by atoms with Crippen molar-refractivity contribution in [3.8, 4) is 0 Å². The third kappa shape index (κ3) is 5.31. The number of carbonyl (C=O) groups excluding carboxylic acids is 2. The molecule has 33 heavy (non-hydrogen) atoms. The van der Waals surface area contributed by atoms with Crippen LogP contribution in [0.4, 0.5) is 21.9 Å². The fourth-order valence-electron chi connectivity index (χ4n) is 4.09. The number of rotatable bonds is 4. The van der Waals surface area contributed by atoms with E-state index >= 15 is 0 Å². The first kappa shape index (κ1) is 22.3. The minimum Gasteiger partial charge on any atom is -0.345 e. The minimum atomic E-state index is -0.129. The molecule has 170 valence electrons. The van der Waals surface area contributed by atoms with Crippen molar-refractivity contribution in [1.29, 1.82) is 0 Å². The Morgan fingerprint density at radius 3 is 1.97 bits per heavy atom. The molecule has 2 heterocycles. The number of urea groups is 1. The Labute approximate surface area is 194 Å². The van der Waals surface area contributed by atoms with Gasteiger partial charge in [0.05, 0.1) is 0 Å². The van der Waals surface area contributed by atoms with E-state index < -0.39 is 0 Å². The van der Waals surface area contributed by atoms with E-state index in [0.717, 1.165) is 28.2 Å². The summed E-state index contributed by atoms with van der Waals surface area (Å²) in [6.45, 7) is 6.06. The SMILES string of the molecule is Cc1cc(C)cc(NC(=O)N2CCN(C(=O)c3ccc(N(C)c4ccncc4)cc3)CC2)c1. The summed E-state index contributed by atoms with van der Waals surface area (Å²) in [5.74, 6) is -0.0116. The number of amides is 3. The fraction of sp³-hybridized carbons (Fsp3) is 0.269. The first-order chi connectivity index (χ1) is 15.9. The standard InChI is InChI=1S/C26H29N5O2/c1-19-16-20(2)18-22(17-19)28-26(33)31-14-12-30(13-15-31)25(32)21-4-6-23(7-5-21)29(3)24-8-10-27-11-9-24/h4-11,16-18H,12-15H2,1-3H3,(H,28,33). The molecule has 1 aromatic heterocycles. The van der Waals surface area contributed by atoms with Crippen LogP contribution < -0.4 is 10.2 Å². The molecule has 0 atom stereocenters. The van der Waals surface area contributed by atoms with E-state index in [1.165, 1.54) is 0 Å². The zero-order valence-electron chi connectivity index (χ0n) is 19.3. The normalized spacial score (nSPS) is 13.5. The van der Waals surface area contributed by atoms with Gasteiger partial charge in [0.25, 0.3) is 5.91 Å². The topological polar surface area (TPSA) is 68.8 Å². The van der Waals surface area contributed by atoms with Gasteiger partial charge in [0.1, 0.15) is 0 Å². The molecule has 1 aliphatic rings. The molecule has 0 saturated carbocycles. The van der Waals surface area contributed by atoms with Gasteiger partial charge in [-0.25, -0.2) is 4.79 Å². The summed E-state index contributed by atoms with van der Waals surface area (Å²) in [5, 5.41) is 2.97. The van der Waals surface area contributed by atoms with Crippen molar-refractivity contribution < 1.29 is 9.59 Å². The quantitative estimate of drug-likeness (QED) is 0.647. The summed E-state index contributed by atoms with van der Waals surface area (Å²) in [5.41, 5.74) is 5.69. The Morgan fingerprint density at radius 2 is 1.36 bits per heavy atom. The Morgan fingerprint density at radius 1 is 0.818 bits per heavy atom.